The molecule has 1 heteroatoms. The molecule has 1 aliphatic rings. The minimum absolute atomic E-state index is 0.163. The monoisotopic (exact) mass is 388 g/mol. The predicted octanol–water partition coefficient (Wildman–Crippen LogP) is 6.70. The summed E-state index contributed by atoms with van der Waals surface area (Å²) in [6, 6.07) is 37.7. The highest BCUT2D eigenvalue weighted by Crippen LogP contribution is 2.54. The molecule has 1 atom stereocenters. The van der Waals surface area contributed by atoms with Crippen molar-refractivity contribution in [1.29, 1.82) is 0 Å². The van der Waals surface area contributed by atoms with Gasteiger partial charge in [0.1, 0.15) is 0 Å². The van der Waals surface area contributed by atoms with Crippen LogP contribution in [0.25, 0.3) is 0 Å². The topological polar surface area (TPSA) is 17.1 Å². The van der Waals surface area contributed by atoms with Crippen molar-refractivity contribution in [3.8, 4) is 0 Å². The summed E-state index contributed by atoms with van der Waals surface area (Å²) in [6.07, 6.45) is 0.743. The quantitative estimate of drug-likeness (QED) is 0.356. The Labute approximate surface area is 178 Å². The Bertz CT molecular complexity index is 1130. The number of aryl methyl sites for hydroxylation is 1. The number of carbonyl (C=O) groups excluding carboxylic acids is 1. The average molecular weight is 389 g/mol. The number of fused-ring (bicyclic) bond motifs is 1. The van der Waals surface area contributed by atoms with E-state index in [1.165, 1.54) is 22.3 Å². The second-order valence-corrected chi connectivity index (χ2v) is 8.21. The lowest BCUT2D eigenvalue weighted by molar-refractivity contribution is 0.0955. The van der Waals surface area contributed by atoms with Crippen LogP contribution in [0.2, 0.25) is 0 Å². The molecule has 0 N–H and O–H groups in total. The maximum atomic E-state index is 13.7. The van der Waals surface area contributed by atoms with Gasteiger partial charge in [-0.25, -0.2) is 0 Å². The van der Waals surface area contributed by atoms with Crippen molar-refractivity contribution >= 4 is 5.78 Å². The van der Waals surface area contributed by atoms with Crippen molar-refractivity contribution in [2.75, 3.05) is 0 Å². The third kappa shape index (κ3) is 2.90. The molecule has 0 spiro atoms. The van der Waals surface area contributed by atoms with Crippen LogP contribution in [0.5, 0.6) is 0 Å². The zero-order valence-electron chi connectivity index (χ0n) is 17.1. The lowest BCUT2D eigenvalue weighted by atomic mass is 9.69. The molecular formula is C29H24O. The minimum Gasteiger partial charge on any atom is -0.293 e. The van der Waals surface area contributed by atoms with Gasteiger partial charge in [0.25, 0.3) is 0 Å². The molecule has 5 rings (SSSR count). The first-order valence-electron chi connectivity index (χ1n) is 10.5. The summed E-state index contributed by atoms with van der Waals surface area (Å²) in [5, 5.41) is 0. The number of carbonyl (C=O) groups is 1. The van der Waals surface area contributed by atoms with Crippen LogP contribution < -0.4 is 0 Å². The van der Waals surface area contributed by atoms with E-state index < -0.39 is 0 Å². The molecule has 0 saturated heterocycles. The van der Waals surface area contributed by atoms with Gasteiger partial charge in [-0.15, -0.1) is 0 Å². The summed E-state index contributed by atoms with van der Waals surface area (Å²) in [5.41, 5.74) is 6.50. The molecule has 0 amide bonds. The molecule has 0 radical (unpaired) electrons. The first kappa shape index (κ1) is 18.6. The maximum absolute atomic E-state index is 13.7. The van der Waals surface area contributed by atoms with Crippen molar-refractivity contribution in [2.45, 2.75) is 24.7 Å². The molecule has 4 aromatic rings. The number of hydrogen-bond acceptors (Lipinski definition) is 1. The lowest BCUT2D eigenvalue weighted by Gasteiger charge is -2.32. The molecule has 30 heavy (non-hydrogen) atoms. The average Bonchev–Trinajstić information content (AvgIpc) is 3.17. The van der Waals surface area contributed by atoms with Crippen LogP contribution in [0.1, 0.15) is 50.5 Å². The fourth-order valence-corrected chi connectivity index (χ4v) is 5.03. The van der Waals surface area contributed by atoms with Gasteiger partial charge in [-0.05, 0) is 35.6 Å². The van der Waals surface area contributed by atoms with Crippen LogP contribution in [0, 0.1) is 6.92 Å². The van der Waals surface area contributed by atoms with E-state index in [1.807, 2.05) is 24.3 Å². The summed E-state index contributed by atoms with van der Waals surface area (Å²) < 4.78 is 0. The second-order valence-electron chi connectivity index (χ2n) is 8.21. The molecule has 0 heterocycles. The number of benzene rings is 4. The number of ketones is 1. The fraction of sp³-hybridized carbons (Fsp3) is 0.138. The fourth-order valence-electron chi connectivity index (χ4n) is 5.03. The maximum Gasteiger partial charge on any atom is 0.170 e. The van der Waals surface area contributed by atoms with Gasteiger partial charge in [0.15, 0.2) is 5.78 Å². The molecule has 0 fully saturated rings. The molecule has 0 saturated carbocycles. The normalized spacial score (nSPS) is 16.8. The van der Waals surface area contributed by atoms with Gasteiger partial charge in [0, 0.05) is 16.9 Å². The summed E-state index contributed by atoms with van der Waals surface area (Å²) in [5.74, 6) is 0.0421. The van der Waals surface area contributed by atoms with Crippen molar-refractivity contribution in [2.24, 2.45) is 0 Å². The number of rotatable bonds is 4. The van der Waals surface area contributed by atoms with E-state index in [1.54, 1.807) is 0 Å². The van der Waals surface area contributed by atoms with E-state index in [-0.39, 0.29) is 17.1 Å². The van der Waals surface area contributed by atoms with Crippen LogP contribution in [0.3, 0.4) is 0 Å². The highest BCUT2D eigenvalue weighted by Gasteiger charge is 2.48. The third-order valence-corrected chi connectivity index (χ3v) is 6.49. The molecule has 1 nitrogen and oxygen atoms in total. The van der Waals surface area contributed by atoms with E-state index >= 15 is 0 Å². The van der Waals surface area contributed by atoms with Crippen LogP contribution in [-0.4, -0.2) is 5.78 Å². The van der Waals surface area contributed by atoms with Gasteiger partial charge in [0.2, 0.25) is 0 Å². The Balaban J connectivity index is 1.72. The summed E-state index contributed by atoms with van der Waals surface area (Å²) in [7, 11) is 0. The molecule has 0 aromatic heterocycles. The number of Topliss-reactive ketones (excluding diaryl/α,β-unsaturated/α-hetero) is 1. The smallest absolute Gasteiger partial charge is 0.170 e. The Morgan fingerprint density at radius 3 is 1.83 bits per heavy atom. The zero-order chi connectivity index (χ0) is 20.6. The minimum atomic E-state index is -0.329. The molecule has 1 aliphatic carbocycles. The number of hydrogen-bond donors (Lipinski definition) is 0. The van der Waals surface area contributed by atoms with E-state index in [0.29, 0.717) is 0 Å². The highest BCUT2D eigenvalue weighted by atomic mass is 16.1. The van der Waals surface area contributed by atoms with E-state index in [4.69, 9.17) is 0 Å². The van der Waals surface area contributed by atoms with Gasteiger partial charge in [0.05, 0.1) is 0 Å². The Morgan fingerprint density at radius 2 is 1.23 bits per heavy atom. The highest BCUT2D eigenvalue weighted by molar-refractivity contribution is 6.02. The van der Waals surface area contributed by atoms with E-state index in [9.17, 15) is 4.79 Å². The molecule has 0 aliphatic heterocycles. The summed E-state index contributed by atoms with van der Waals surface area (Å²) in [6.45, 7) is 2.05. The molecule has 4 aromatic carbocycles. The standard InChI is InChI=1S/C29H24O/c1-21-16-18-22(19-17-21)28(30)26-20-29(23-10-4-2-5-11-23,24-12-6-3-7-13-24)27-15-9-8-14-25(26)27/h2-19,26H,20H2,1H3/t26-/m0/s1. The first-order valence-corrected chi connectivity index (χ1v) is 10.5. The van der Waals surface area contributed by atoms with E-state index in [0.717, 1.165) is 17.5 Å². The van der Waals surface area contributed by atoms with Gasteiger partial charge in [-0.2, -0.15) is 0 Å². The zero-order valence-corrected chi connectivity index (χ0v) is 17.1. The third-order valence-electron chi connectivity index (χ3n) is 6.49. The lowest BCUT2D eigenvalue weighted by Crippen LogP contribution is -2.27. The van der Waals surface area contributed by atoms with Crippen molar-refractivity contribution in [3.05, 3.63) is 143 Å². The van der Waals surface area contributed by atoms with Crippen molar-refractivity contribution < 1.29 is 4.79 Å². The molecule has 0 unspecified atom stereocenters. The van der Waals surface area contributed by atoms with Crippen LogP contribution in [-0.2, 0) is 5.41 Å². The van der Waals surface area contributed by atoms with Crippen molar-refractivity contribution in [3.63, 3.8) is 0 Å². The summed E-state index contributed by atoms with van der Waals surface area (Å²) in [4.78, 5) is 13.7. The Hall–Kier alpha value is -3.45. The first-order chi connectivity index (χ1) is 14.7. The van der Waals surface area contributed by atoms with Crippen molar-refractivity contribution in [1.82, 2.24) is 0 Å². The SMILES string of the molecule is Cc1ccc(C(=O)[C@H]2CC(c3ccccc3)(c3ccccc3)c3ccccc32)cc1. The second kappa shape index (κ2) is 7.42. The van der Waals surface area contributed by atoms with Crippen LogP contribution in [0.4, 0.5) is 0 Å². The predicted molar refractivity (Wildman–Crippen MR) is 122 cm³/mol. The van der Waals surface area contributed by atoms with Crippen LogP contribution >= 0.6 is 0 Å². The van der Waals surface area contributed by atoms with Crippen LogP contribution in [0.15, 0.2) is 109 Å². The summed E-state index contributed by atoms with van der Waals surface area (Å²) >= 11 is 0. The molecule has 146 valence electrons. The van der Waals surface area contributed by atoms with Gasteiger partial charge in [-0.1, -0.05) is 115 Å². The molecule has 0 bridgehead atoms. The van der Waals surface area contributed by atoms with Gasteiger partial charge < -0.3 is 0 Å². The molecular weight excluding hydrogens is 364 g/mol. The van der Waals surface area contributed by atoms with Gasteiger partial charge in [-0.3, -0.25) is 4.79 Å². The Kier molecular flexibility index (Phi) is 4.59. The van der Waals surface area contributed by atoms with Gasteiger partial charge >= 0.3 is 0 Å². The Morgan fingerprint density at radius 1 is 0.700 bits per heavy atom. The van der Waals surface area contributed by atoms with E-state index in [2.05, 4.69) is 91.9 Å². The largest absolute Gasteiger partial charge is 0.293 e.